The number of unbranched alkanes of at least 4 members (excludes halogenated alkanes) is 17. The van der Waals surface area contributed by atoms with E-state index in [1.165, 1.54) is 89.9 Å². The van der Waals surface area contributed by atoms with Gasteiger partial charge in [-0.05, 0) is 70.6 Å². The fourth-order valence-corrected chi connectivity index (χ4v) is 10.1. The number of hydrogen-bond acceptors (Lipinski definition) is 18. The van der Waals surface area contributed by atoms with Crippen molar-refractivity contribution in [3.05, 3.63) is 85.1 Å². The summed E-state index contributed by atoms with van der Waals surface area (Å²) in [5.41, 5.74) is 0. The summed E-state index contributed by atoms with van der Waals surface area (Å²) in [4.78, 5) is 13.3. The van der Waals surface area contributed by atoms with Crippen LogP contribution >= 0.6 is 0 Å². The molecule has 0 aromatic carbocycles. The first kappa shape index (κ1) is 74.2. The van der Waals surface area contributed by atoms with Gasteiger partial charge in [0.25, 0.3) is 0 Å². The van der Waals surface area contributed by atoms with Crippen molar-refractivity contribution in [2.75, 3.05) is 26.4 Å². The molecule has 0 aromatic heterocycles. The minimum Gasteiger partial charge on any atom is -0.394 e. The second kappa shape index (κ2) is 46.2. The Labute approximate surface area is 495 Å². The topological polar surface area (TPSA) is 307 Å². The molecule has 1 amide bonds. The molecule has 17 atom stereocenters. The molecule has 3 aliphatic heterocycles. The molecule has 0 saturated carbocycles. The van der Waals surface area contributed by atoms with E-state index in [2.05, 4.69) is 79.9 Å². The minimum atomic E-state index is -1.99. The second-order valence-corrected chi connectivity index (χ2v) is 22.1. The Bertz CT molecular complexity index is 1840. The number of nitrogens with one attached hydrogen (secondary N) is 1. The average Bonchev–Trinajstić information content (AvgIpc) is 3.35. The van der Waals surface area contributed by atoms with Gasteiger partial charge in [-0.1, -0.05) is 189 Å². The van der Waals surface area contributed by atoms with Gasteiger partial charge in [-0.15, -0.1) is 0 Å². The van der Waals surface area contributed by atoms with Gasteiger partial charge < -0.3 is 89.9 Å². The lowest BCUT2D eigenvalue weighted by atomic mass is 9.96. The summed E-state index contributed by atoms with van der Waals surface area (Å²) < 4.78 is 34.2. The summed E-state index contributed by atoms with van der Waals surface area (Å²) in [5, 5.41) is 120. The number of hydrogen-bond donors (Lipinski definition) is 12. The van der Waals surface area contributed by atoms with Crippen LogP contribution in [0.25, 0.3) is 0 Å². The third kappa shape index (κ3) is 29.5. The van der Waals surface area contributed by atoms with Crippen LogP contribution in [0.1, 0.15) is 181 Å². The molecule has 83 heavy (non-hydrogen) atoms. The van der Waals surface area contributed by atoms with Crippen LogP contribution in [0.2, 0.25) is 0 Å². The van der Waals surface area contributed by atoms with Crippen molar-refractivity contribution in [2.45, 2.75) is 285 Å². The van der Waals surface area contributed by atoms with Gasteiger partial charge >= 0.3 is 0 Å². The zero-order valence-corrected chi connectivity index (χ0v) is 49.9. The molecule has 3 rings (SSSR count). The Balaban J connectivity index is 1.52. The smallest absolute Gasteiger partial charge is 0.220 e. The first-order valence-corrected chi connectivity index (χ1v) is 31.3. The molecule has 3 fully saturated rings. The normalized spacial score (nSPS) is 30.0. The van der Waals surface area contributed by atoms with E-state index >= 15 is 0 Å². The molecule has 3 saturated heterocycles. The van der Waals surface area contributed by atoms with Crippen LogP contribution in [0.4, 0.5) is 0 Å². The summed E-state index contributed by atoms with van der Waals surface area (Å²) in [6.07, 6.45) is 30.0. The largest absolute Gasteiger partial charge is 0.394 e. The molecule has 3 aliphatic rings. The van der Waals surface area contributed by atoms with E-state index in [0.29, 0.717) is 19.3 Å². The Morgan fingerprint density at radius 1 is 0.446 bits per heavy atom. The van der Waals surface area contributed by atoms with Crippen LogP contribution < -0.4 is 5.32 Å². The number of aliphatic hydroxyl groups is 11. The van der Waals surface area contributed by atoms with Crippen molar-refractivity contribution in [1.29, 1.82) is 0 Å². The van der Waals surface area contributed by atoms with Gasteiger partial charge in [-0.3, -0.25) is 4.79 Å². The highest BCUT2D eigenvalue weighted by atomic mass is 16.8. The molecule has 17 unspecified atom stereocenters. The molecule has 0 aromatic rings. The number of ether oxygens (including phenoxy) is 6. The summed E-state index contributed by atoms with van der Waals surface area (Å²) >= 11 is 0. The van der Waals surface area contributed by atoms with E-state index in [0.717, 1.165) is 51.4 Å². The van der Waals surface area contributed by atoms with Crippen LogP contribution in [0.15, 0.2) is 85.1 Å². The maximum atomic E-state index is 13.3. The molecule has 0 radical (unpaired) electrons. The van der Waals surface area contributed by atoms with Gasteiger partial charge in [0.1, 0.15) is 73.2 Å². The fraction of sp³-hybridized carbons (Fsp3) is 0.766. The van der Waals surface area contributed by atoms with Crippen molar-refractivity contribution in [2.24, 2.45) is 0 Å². The molecule has 478 valence electrons. The third-order valence-corrected chi connectivity index (χ3v) is 15.2. The maximum Gasteiger partial charge on any atom is 0.220 e. The van der Waals surface area contributed by atoms with Crippen molar-refractivity contribution >= 4 is 5.91 Å². The number of aliphatic hydroxyl groups excluding tert-OH is 11. The average molecular weight is 1180 g/mol. The first-order chi connectivity index (χ1) is 40.3. The van der Waals surface area contributed by atoms with Crippen molar-refractivity contribution in [1.82, 2.24) is 5.32 Å². The van der Waals surface area contributed by atoms with Gasteiger partial charge in [0.15, 0.2) is 18.9 Å². The van der Waals surface area contributed by atoms with Gasteiger partial charge in [-0.25, -0.2) is 0 Å². The lowest BCUT2D eigenvalue weighted by Gasteiger charge is -2.48. The number of carbonyl (C=O) groups excluding carboxylic acids is 1. The molecule has 0 spiro atoms. The summed E-state index contributed by atoms with van der Waals surface area (Å²) in [6.45, 7) is 1.54. The summed E-state index contributed by atoms with van der Waals surface area (Å²) in [5.74, 6) is -0.345. The number of rotatable bonds is 45. The lowest BCUT2D eigenvalue weighted by Crippen LogP contribution is -2.66. The second-order valence-electron chi connectivity index (χ2n) is 22.1. The molecule has 19 heteroatoms. The quantitative estimate of drug-likeness (QED) is 0.0233. The Hall–Kier alpha value is -3.03. The molecule has 19 nitrogen and oxygen atoms in total. The van der Waals surface area contributed by atoms with Gasteiger partial charge in [0.05, 0.1) is 38.6 Å². The molecular weight excluding hydrogens is 1070 g/mol. The number of carbonyl (C=O) groups is 1. The van der Waals surface area contributed by atoms with E-state index in [9.17, 15) is 61.0 Å². The van der Waals surface area contributed by atoms with Crippen LogP contribution in [-0.2, 0) is 33.2 Å². The van der Waals surface area contributed by atoms with Crippen molar-refractivity contribution in [3.63, 3.8) is 0 Å². The predicted octanol–water partition coefficient (Wildman–Crippen LogP) is 6.37. The number of allylic oxidation sites excluding steroid dienone is 13. The first-order valence-electron chi connectivity index (χ1n) is 31.3. The van der Waals surface area contributed by atoms with Crippen LogP contribution in [0, 0.1) is 0 Å². The zero-order valence-electron chi connectivity index (χ0n) is 49.9. The van der Waals surface area contributed by atoms with E-state index in [-0.39, 0.29) is 12.3 Å². The highest BCUT2D eigenvalue weighted by Gasteiger charge is 2.53. The lowest BCUT2D eigenvalue weighted by molar-refractivity contribution is -0.379. The summed E-state index contributed by atoms with van der Waals surface area (Å²) in [7, 11) is 0. The van der Waals surface area contributed by atoms with E-state index in [1.807, 2.05) is 18.2 Å². The van der Waals surface area contributed by atoms with E-state index < -0.39 is 131 Å². The minimum absolute atomic E-state index is 0.153. The Kier molecular flexibility index (Phi) is 41.3. The molecule has 0 bridgehead atoms. The monoisotopic (exact) mass is 1180 g/mol. The SMILES string of the molecule is CC/C=C\C/C=C\C/C=C\C/C=C\C/C=C\CCCC(=O)NC(COC1OC(CO)C(OC2OC(CO)C(OC3OC(CO)C(O)C(O)C3O)C(O)C2O)C(O)C1O)C(O)/C=C/CC/C=C/CCCCCCCCCCCCCCCCC. The van der Waals surface area contributed by atoms with Crippen LogP contribution in [0.3, 0.4) is 0 Å². The van der Waals surface area contributed by atoms with Gasteiger partial charge in [-0.2, -0.15) is 0 Å². The molecule has 12 N–H and O–H groups in total. The van der Waals surface area contributed by atoms with E-state index in [4.69, 9.17) is 28.4 Å². The third-order valence-electron chi connectivity index (χ3n) is 15.2. The van der Waals surface area contributed by atoms with Crippen molar-refractivity contribution in [3.8, 4) is 0 Å². The van der Waals surface area contributed by atoms with Crippen molar-refractivity contribution < 1.29 is 89.4 Å². The van der Waals surface area contributed by atoms with Crippen LogP contribution in [0.5, 0.6) is 0 Å². The number of amides is 1. The highest BCUT2D eigenvalue weighted by Crippen LogP contribution is 2.33. The van der Waals surface area contributed by atoms with E-state index in [1.54, 1.807) is 6.08 Å². The van der Waals surface area contributed by atoms with Crippen LogP contribution in [-0.4, -0.2) is 193 Å². The fourth-order valence-electron chi connectivity index (χ4n) is 10.1. The summed E-state index contributed by atoms with van der Waals surface area (Å²) in [6, 6.07) is -1.02. The molecule has 3 heterocycles. The van der Waals surface area contributed by atoms with Gasteiger partial charge in [0.2, 0.25) is 5.91 Å². The Morgan fingerprint density at radius 2 is 0.843 bits per heavy atom. The molecule has 0 aliphatic carbocycles. The highest BCUT2D eigenvalue weighted by molar-refractivity contribution is 5.76. The standard InChI is InChI=1S/C64H109NO18/c1-3-5-7-9-11-13-15-17-19-21-22-23-24-26-27-29-31-33-35-37-39-41-48(69)47(65-52(70)42-40-38-36-34-32-30-28-25-20-18-16-14-12-10-8-6-4-2)46-78-62-58(76)55(73)60(50(44-67)80-62)83-64-59(77)56(74)61(51(45-68)81-64)82-63-57(75)54(72)53(71)49(43-66)79-63/h6,8,12,14,18,20,28,30-31,33-34,36,39,41,47-51,53-64,66-69,71-77H,3-5,7,9-11,13,15-17,19,21-27,29,32,35,37-38,40,42-46H2,1-2H3,(H,65,70)/b8-6-,14-12-,20-18-,30-28-,33-31+,36-34-,41-39+. The maximum absolute atomic E-state index is 13.3. The van der Waals surface area contributed by atoms with Gasteiger partial charge in [0, 0.05) is 6.42 Å². The zero-order chi connectivity index (χ0) is 60.5. The molecular formula is C64H109NO18. The predicted molar refractivity (Wildman–Crippen MR) is 318 cm³/mol. The Morgan fingerprint density at radius 3 is 1.35 bits per heavy atom.